The summed E-state index contributed by atoms with van der Waals surface area (Å²) in [4.78, 5) is 0. The SMILES string of the molecule is CCC(C)(CN)OCCOCC(F)(F)F. The van der Waals surface area contributed by atoms with Crippen molar-refractivity contribution in [2.75, 3.05) is 26.4 Å². The van der Waals surface area contributed by atoms with Crippen molar-refractivity contribution in [3.8, 4) is 0 Å². The molecule has 1 atom stereocenters. The van der Waals surface area contributed by atoms with E-state index in [0.717, 1.165) is 0 Å². The quantitative estimate of drug-likeness (QED) is 0.676. The molecule has 0 rings (SSSR count). The molecule has 0 spiro atoms. The Hall–Kier alpha value is -0.330. The minimum absolute atomic E-state index is 0.0743. The predicted octanol–water partition coefficient (Wildman–Crippen LogP) is 1.71. The van der Waals surface area contributed by atoms with Crippen LogP contribution < -0.4 is 5.73 Å². The highest BCUT2D eigenvalue weighted by Crippen LogP contribution is 2.15. The molecule has 0 saturated carbocycles. The molecule has 0 aromatic heterocycles. The van der Waals surface area contributed by atoms with E-state index in [9.17, 15) is 13.2 Å². The van der Waals surface area contributed by atoms with Gasteiger partial charge in [0.1, 0.15) is 6.61 Å². The molecule has 92 valence electrons. The molecule has 3 nitrogen and oxygen atoms in total. The van der Waals surface area contributed by atoms with Gasteiger partial charge in [0.25, 0.3) is 0 Å². The zero-order chi connectivity index (χ0) is 11.9. The first-order valence-electron chi connectivity index (χ1n) is 4.81. The number of hydrogen-bond acceptors (Lipinski definition) is 3. The van der Waals surface area contributed by atoms with E-state index in [4.69, 9.17) is 10.5 Å². The lowest BCUT2D eigenvalue weighted by atomic mass is 10.0. The molecule has 0 radical (unpaired) electrons. The van der Waals surface area contributed by atoms with E-state index in [-0.39, 0.29) is 13.2 Å². The zero-order valence-electron chi connectivity index (χ0n) is 9.06. The number of halogens is 3. The summed E-state index contributed by atoms with van der Waals surface area (Å²) in [5, 5.41) is 0. The van der Waals surface area contributed by atoms with Crippen molar-refractivity contribution in [1.82, 2.24) is 0 Å². The minimum atomic E-state index is -4.28. The fourth-order valence-corrected chi connectivity index (χ4v) is 0.840. The Bertz CT molecular complexity index is 169. The molecular formula is C9H18F3NO2. The lowest BCUT2D eigenvalue weighted by Gasteiger charge is -2.26. The molecule has 0 aliphatic heterocycles. The van der Waals surface area contributed by atoms with E-state index in [2.05, 4.69) is 4.74 Å². The van der Waals surface area contributed by atoms with Crippen LogP contribution in [-0.2, 0) is 9.47 Å². The molecule has 0 bridgehead atoms. The molecule has 0 aliphatic rings. The van der Waals surface area contributed by atoms with Crippen LogP contribution in [0.3, 0.4) is 0 Å². The van der Waals surface area contributed by atoms with E-state index in [1.165, 1.54) is 0 Å². The number of hydrogen-bond donors (Lipinski definition) is 1. The van der Waals surface area contributed by atoms with Gasteiger partial charge in [-0.05, 0) is 13.3 Å². The lowest BCUT2D eigenvalue weighted by Crippen LogP contribution is -2.38. The maximum Gasteiger partial charge on any atom is 0.411 e. The van der Waals surface area contributed by atoms with Crippen LogP contribution in [0, 0.1) is 0 Å². The normalized spacial score (nSPS) is 16.4. The van der Waals surface area contributed by atoms with Crippen LogP contribution in [0.25, 0.3) is 0 Å². The molecule has 2 N–H and O–H groups in total. The summed E-state index contributed by atoms with van der Waals surface area (Å²) in [6.07, 6.45) is -3.56. The Morgan fingerprint density at radius 3 is 2.20 bits per heavy atom. The van der Waals surface area contributed by atoms with Crippen LogP contribution in [0.2, 0.25) is 0 Å². The Labute approximate surface area is 87.7 Å². The number of alkyl halides is 3. The van der Waals surface area contributed by atoms with E-state index < -0.39 is 18.4 Å². The number of nitrogens with two attached hydrogens (primary N) is 1. The second kappa shape index (κ2) is 6.30. The molecule has 0 aromatic carbocycles. The first-order valence-corrected chi connectivity index (χ1v) is 4.81. The monoisotopic (exact) mass is 229 g/mol. The molecular weight excluding hydrogens is 211 g/mol. The number of rotatable bonds is 7. The van der Waals surface area contributed by atoms with Gasteiger partial charge in [0.2, 0.25) is 0 Å². The Morgan fingerprint density at radius 2 is 1.80 bits per heavy atom. The van der Waals surface area contributed by atoms with Crippen molar-refractivity contribution < 1.29 is 22.6 Å². The first kappa shape index (κ1) is 14.7. The van der Waals surface area contributed by atoms with Crippen LogP contribution in [0.4, 0.5) is 13.2 Å². The minimum Gasteiger partial charge on any atom is -0.372 e. The maximum absolute atomic E-state index is 11.7. The summed E-state index contributed by atoms with van der Waals surface area (Å²) in [5.74, 6) is 0. The summed E-state index contributed by atoms with van der Waals surface area (Å²) in [5.41, 5.74) is 4.99. The summed E-state index contributed by atoms with van der Waals surface area (Å²) in [6.45, 7) is 2.87. The topological polar surface area (TPSA) is 44.5 Å². The van der Waals surface area contributed by atoms with Crippen molar-refractivity contribution in [1.29, 1.82) is 0 Å². The zero-order valence-corrected chi connectivity index (χ0v) is 9.06. The number of ether oxygens (including phenoxy) is 2. The molecule has 15 heavy (non-hydrogen) atoms. The van der Waals surface area contributed by atoms with Crippen molar-refractivity contribution in [3.05, 3.63) is 0 Å². The fourth-order valence-electron chi connectivity index (χ4n) is 0.840. The van der Waals surface area contributed by atoms with Gasteiger partial charge in [-0.2, -0.15) is 13.2 Å². The third-order valence-corrected chi connectivity index (χ3v) is 2.12. The van der Waals surface area contributed by atoms with Gasteiger partial charge in [-0.25, -0.2) is 0 Å². The molecule has 0 fully saturated rings. The van der Waals surface area contributed by atoms with Gasteiger partial charge in [-0.1, -0.05) is 6.92 Å². The fraction of sp³-hybridized carbons (Fsp3) is 1.00. The van der Waals surface area contributed by atoms with E-state index in [0.29, 0.717) is 13.0 Å². The van der Waals surface area contributed by atoms with Gasteiger partial charge in [-0.15, -0.1) is 0 Å². The van der Waals surface area contributed by atoms with Gasteiger partial charge < -0.3 is 15.2 Å². The largest absolute Gasteiger partial charge is 0.411 e. The Balaban J connectivity index is 3.54. The van der Waals surface area contributed by atoms with Crippen molar-refractivity contribution in [3.63, 3.8) is 0 Å². The highest BCUT2D eigenvalue weighted by atomic mass is 19.4. The summed E-state index contributed by atoms with van der Waals surface area (Å²) in [7, 11) is 0. The van der Waals surface area contributed by atoms with Crippen molar-refractivity contribution >= 4 is 0 Å². The maximum atomic E-state index is 11.7. The highest BCUT2D eigenvalue weighted by Gasteiger charge is 2.27. The molecule has 1 unspecified atom stereocenters. The third kappa shape index (κ3) is 7.58. The lowest BCUT2D eigenvalue weighted by molar-refractivity contribution is -0.179. The average molecular weight is 229 g/mol. The van der Waals surface area contributed by atoms with Crippen molar-refractivity contribution in [2.45, 2.75) is 32.0 Å². The predicted molar refractivity (Wildman–Crippen MR) is 50.6 cm³/mol. The standard InChI is InChI=1S/C9H18F3NO2/c1-3-8(2,6-13)15-5-4-14-7-9(10,11)12/h3-7,13H2,1-2H3. The summed E-state index contributed by atoms with van der Waals surface area (Å²) >= 11 is 0. The average Bonchev–Trinajstić information content (AvgIpc) is 2.15. The molecule has 0 aliphatic carbocycles. The van der Waals surface area contributed by atoms with Crippen LogP contribution in [0.1, 0.15) is 20.3 Å². The third-order valence-electron chi connectivity index (χ3n) is 2.12. The molecule has 6 heteroatoms. The second-order valence-corrected chi connectivity index (χ2v) is 3.52. The van der Waals surface area contributed by atoms with Gasteiger partial charge in [0.05, 0.1) is 18.8 Å². The van der Waals surface area contributed by atoms with Gasteiger partial charge in [0, 0.05) is 6.54 Å². The van der Waals surface area contributed by atoms with E-state index in [1.54, 1.807) is 0 Å². The summed E-state index contributed by atoms with van der Waals surface area (Å²) in [6, 6.07) is 0. The van der Waals surface area contributed by atoms with Gasteiger partial charge in [0.15, 0.2) is 0 Å². The van der Waals surface area contributed by atoms with Crippen molar-refractivity contribution in [2.24, 2.45) is 5.73 Å². The van der Waals surface area contributed by atoms with Crippen LogP contribution in [0.15, 0.2) is 0 Å². The molecule has 0 saturated heterocycles. The van der Waals surface area contributed by atoms with Crippen LogP contribution in [-0.4, -0.2) is 38.1 Å². The molecule has 0 aromatic rings. The van der Waals surface area contributed by atoms with Gasteiger partial charge >= 0.3 is 6.18 Å². The van der Waals surface area contributed by atoms with Crippen LogP contribution >= 0.6 is 0 Å². The molecule has 0 heterocycles. The highest BCUT2D eigenvalue weighted by molar-refractivity contribution is 4.73. The smallest absolute Gasteiger partial charge is 0.372 e. The van der Waals surface area contributed by atoms with Crippen LogP contribution in [0.5, 0.6) is 0 Å². The van der Waals surface area contributed by atoms with E-state index in [1.807, 2.05) is 13.8 Å². The summed E-state index contributed by atoms with van der Waals surface area (Å²) < 4.78 is 44.7. The first-order chi connectivity index (χ1) is 6.83. The molecule has 0 amide bonds. The van der Waals surface area contributed by atoms with Gasteiger partial charge in [-0.3, -0.25) is 0 Å². The Morgan fingerprint density at radius 1 is 1.20 bits per heavy atom. The Kier molecular flexibility index (Phi) is 6.16. The second-order valence-electron chi connectivity index (χ2n) is 3.52. The van der Waals surface area contributed by atoms with E-state index >= 15 is 0 Å².